The molecular weight excluding hydrogens is 1600 g/mol. The minimum absolute atomic E-state index is 0.0000141. The number of halogens is 2. The number of fused-ring (bicyclic) bond motifs is 8. The maximum atomic E-state index is 12.8. The number of amides is 3. The van der Waals surface area contributed by atoms with E-state index in [4.69, 9.17) is 37.9 Å². The van der Waals surface area contributed by atoms with Crippen molar-refractivity contribution in [2.75, 3.05) is 27.3 Å². The molecule has 15 aromatic rings. The van der Waals surface area contributed by atoms with Gasteiger partial charge in [-0.15, -0.1) is 0 Å². The number of carbonyl (C=O) groups is 5. The topological polar surface area (TPSA) is 284 Å². The van der Waals surface area contributed by atoms with Crippen molar-refractivity contribution < 1.29 is 33.4 Å². The van der Waals surface area contributed by atoms with Crippen LogP contribution in [0.3, 0.4) is 0 Å². The van der Waals surface area contributed by atoms with E-state index in [1.807, 2.05) is 201 Å². The number of aryl methyl sites for hydroxylation is 2. The van der Waals surface area contributed by atoms with E-state index in [2.05, 4.69) is 77.5 Å². The summed E-state index contributed by atoms with van der Waals surface area (Å²) in [5.74, 6) is 4.63. The van der Waals surface area contributed by atoms with Crippen LogP contribution in [0.25, 0.3) is 61.1 Å². The van der Waals surface area contributed by atoms with E-state index in [1.54, 1.807) is 93.1 Å². The number of hydrogen-bond acceptors (Lipinski definition) is 17. The molecule has 2 fully saturated rings. The van der Waals surface area contributed by atoms with E-state index in [9.17, 15) is 24.0 Å². The summed E-state index contributed by atoms with van der Waals surface area (Å²) in [6.07, 6.45) is 43.1. The Morgan fingerprint density at radius 2 is 0.895 bits per heavy atom. The lowest BCUT2D eigenvalue weighted by molar-refractivity contribution is 0.0721. The monoisotopic (exact) mass is 1690 g/mol. The Bertz CT molecular complexity index is 6160. The van der Waals surface area contributed by atoms with Gasteiger partial charge in [-0.2, -0.15) is 5.26 Å². The molecule has 124 heavy (non-hydrogen) atoms. The van der Waals surface area contributed by atoms with E-state index in [-0.39, 0.29) is 29.3 Å². The highest BCUT2D eigenvalue weighted by atomic mass is 35.5. The normalized spacial score (nSPS) is 14.8. The second-order valence-electron chi connectivity index (χ2n) is 32.5. The standard InChI is InChI=1S/C22H18N4O2.C15H13ClN2O2.2C15H11N3O.C11H13ClN2O.C10H20.C7H6N2.C3H5N/c1-28-18-4-2-15(3-5-18)13-25-14-17-10-21(24-12-19(17)22(25)27)26-9-7-16-11-23-8-6-20(16)26;1-20-12-4-2-10(3-5-12)8-18-9-11-6-14(16)17-7-13(11)15(18)19;2*19-14-2-1-10-7-15(17-9-12(10)14)18-6-4-11-8-16-5-3-13(11)18;12-10-5-4-9(8-13-10)11(15)14-6-2-1-3-7-14;1-9(2)6-5-7-10(3,4)8-9;1-4-9-7-2-3-8-5-6(1)7;1-2-3-4/h2-12H,13-14H2,1H3;2-7H,8-9H2,1H3;2*3-9H,1-2H2;4-5,8H,1-3,6-7H2;5-8H2,1-4H3;1-5,9H;2H2,1H3. The number of methoxy groups -OCH3 is 2. The number of nitrogens with one attached hydrogen (secondary N) is 1. The number of hydrogen-bond donors (Lipinski definition) is 1. The summed E-state index contributed by atoms with van der Waals surface area (Å²) in [6.45, 7) is 15.4. The number of likely N-dealkylation sites (tertiary alicyclic amines) is 1. The molecule has 24 nitrogen and oxygen atoms in total. The average molecular weight is 1700 g/mol. The van der Waals surface area contributed by atoms with Crippen LogP contribution in [0.15, 0.2) is 239 Å². The fourth-order valence-electron chi connectivity index (χ4n) is 16.4. The molecule has 16 heterocycles. The van der Waals surface area contributed by atoms with Crippen molar-refractivity contribution in [1.29, 1.82) is 5.26 Å². The van der Waals surface area contributed by atoms with Gasteiger partial charge in [-0.1, -0.05) is 88.5 Å². The number of pyridine rings is 9. The van der Waals surface area contributed by atoms with Crippen LogP contribution < -0.4 is 9.47 Å². The van der Waals surface area contributed by atoms with Crippen molar-refractivity contribution in [3.05, 3.63) is 310 Å². The van der Waals surface area contributed by atoms with Gasteiger partial charge in [0, 0.05) is 202 Å². The lowest BCUT2D eigenvalue weighted by Crippen LogP contribution is -2.35. The predicted molar refractivity (Wildman–Crippen MR) is 481 cm³/mol. The van der Waals surface area contributed by atoms with Crippen LogP contribution in [0.4, 0.5) is 0 Å². The number of aromatic nitrogens is 13. The lowest BCUT2D eigenvalue weighted by Gasteiger charge is -2.40. The predicted octanol–water partition coefficient (Wildman–Crippen LogP) is 20.0. The number of benzene rings is 2. The molecule has 1 saturated carbocycles. The van der Waals surface area contributed by atoms with Crippen LogP contribution >= 0.6 is 23.2 Å². The highest BCUT2D eigenvalue weighted by molar-refractivity contribution is 6.29. The van der Waals surface area contributed by atoms with E-state index in [0.717, 1.165) is 156 Å². The number of Topliss-reactive ketones (excluding diaryl/α,β-unsaturated/α-hetero) is 2. The Morgan fingerprint density at radius 1 is 0.468 bits per heavy atom. The molecule has 0 atom stereocenters. The molecule has 1 N–H and O–H groups in total. The molecule has 6 aliphatic rings. The number of carbonyl (C=O) groups excluding carboxylic acids is 5. The van der Waals surface area contributed by atoms with Gasteiger partial charge in [-0.3, -0.25) is 43.9 Å². The molecule has 13 aromatic heterocycles. The van der Waals surface area contributed by atoms with Gasteiger partial charge in [-0.05, 0) is 205 Å². The summed E-state index contributed by atoms with van der Waals surface area (Å²) in [6, 6.07) is 44.5. The van der Waals surface area contributed by atoms with Crippen molar-refractivity contribution >= 4 is 96.1 Å². The summed E-state index contributed by atoms with van der Waals surface area (Å²) >= 11 is 11.5. The van der Waals surface area contributed by atoms with E-state index < -0.39 is 0 Å². The lowest BCUT2D eigenvalue weighted by atomic mass is 9.65. The van der Waals surface area contributed by atoms with Gasteiger partial charge in [0.15, 0.2) is 11.6 Å². The summed E-state index contributed by atoms with van der Waals surface area (Å²) in [5, 5.41) is 12.9. The highest BCUT2D eigenvalue weighted by Gasteiger charge is 2.34. The van der Waals surface area contributed by atoms with Gasteiger partial charge in [0.05, 0.1) is 53.5 Å². The fraction of sp³-hybridized carbons (Fsp3) is 0.276. The molecule has 0 spiro atoms. The minimum Gasteiger partial charge on any atom is -0.497 e. The van der Waals surface area contributed by atoms with Gasteiger partial charge < -0.3 is 42.9 Å². The molecule has 0 radical (unpaired) electrons. The molecule has 0 bridgehead atoms. The Kier molecular flexibility index (Phi) is 27.9. The van der Waals surface area contributed by atoms with Crippen LogP contribution in [0.1, 0.15) is 184 Å². The number of ether oxygens (including phenoxy) is 2. The molecule has 2 aromatic carbocycles. The fourth-order valence-corrected chi connectivity index (χ4v) is 16.7. The van der Waals surface area contributed by atoms with Gasteiger partial charge in [0.25, 0.3) is 17.7 Å². The molecule has 3 aliphatic heterocycles. The zero-order chi connectivity index (χ0) is 86.9. The number of H-pyrrole nitrogens is 1. The Balaban J connectivity index is 0.000000120. The zero-order valence-corrected chi connectivity index (χ0v) is 72.0. The maximum Gasteiger partial charge on any atom is 0.256 e. The first-order chi connectivity index (χ1) is 60.1. The molecule has 1 saturated heterocycles. The SMILES string of the molecule is CC1(C)CCCC(C)(C)C1.CCC#N.COc1ccc(CN2Cc3cc(-n4ccc5cnccc54)ncc3C2=O)cc1.COc1ccc(CN2Cc3cc(Cl)ncc3C2=O)cc1.O=C(c1ccc(Cl)nc1)N1CCCCC1.O=C1CCc2cc(-n3ccc4cnccc43)ncc21.O=C1CCc2cc(-n3ccc4cnccc43)ncc21.c1cc2[nH]ccc2cn1. The maximum absolute atomic E-state index is 12.8. The number of nitrogens with zero attached hydrogens (tertiary/aromatic N) is 16. The quantitative estimate of drug-likeness (QED) is 0.124. The number of aromatic amines is 1. The summed E-state index contributed by atoms with van der Waals surface area (Å²) < 4.78 is 16.4. The first-order valence-electron chi connectivity index (χ1n) is 41.5. The molecule has 630 valence electrons. The third-order valence-corrected chi connectivity index (χ3v) is 23.0. The molecule has 21 rings (SSSR count). The van der Waals surface area contributed by atoms with Crippen molar-refractivity contribution in [2.45, 2.75) is 138 Å². The van der Waals surface area contributed by atoms with E-state index >= 15 is 0 Å². The first kappa shape index (κ1) is 86.7. The third-order valence-electron chi connectivity index (χ3n) is 22.6. The van der Waals surface area contributed by atoms with Crippen molar-refractivity contribution in [1.82, 2.24) is 78.2 Å². The van der Waals surface area contributed by atoms with Gasteiger partial charge in [-0.25, -0.2) is 24.9 Å². The number of nitriles is 1. The second kappa shape index (κ2) is 39.9. The van der Waals surface area contributed by atoms with Crippen molar-refractivity contribution in [2.24, 2.45) is 10.8 Å². The Hall–Kier alpha value is -13.6. The number of ketones is 2. The summed E-state index contributed by atoms with van der Waals surface area (Å²) in [7, 11) is 3.27. The molecular formula is C98H97Cl2N17O7. The largest absolute Gasteiger partial charge is 0.497 e. The van der Waals surface area contributed by atoms with Crippen LogP contribution in [-0.4, -0.2) is 135 Å². The molecule has 26 heteroatoms. The van der Waals surface area contributed by atoms with Gasteiger partial charge in [0.2, 0.25) is 0 Å². The first-order valence-corrected chi connectivity index (χ1v) is 42.3. The van der Waals surface area contributed by atoms with E-state index in [1.165, 1.54) is 32.1 Å². The Morgan fingerprint density at radius 3 is 1.32 bits per heavy atom. The Labute approximate surface area is 730 Å². The number of rotatable bonds is 10. The molecule has 0 unspecified atom stereocenters. The summed E-state index contributed by atoms with van der Waals surface area (Å²) in [5.41, 5.74) is 15.3. The smallest absolute Gasteiger partial charge is 0.256 e. The highest BCUT2D eigenvalue weighted by Crippen LogP contribution is 2.45. The van der Waals surface area contributed by atoms with Crippen molar-refractivity contribution in [3.63, 3.8) is 0 Å². The third kappa shape index (κ3) is 21.3. The van der Waals surface area contributed by atoms with Crippen LogP contribution in [0.2, 0.25) is 10.3 Å². The van der Waals surface area contributed by atoms with Crippen LogP contribution in [0, 0.1) is 22.2 Å². The van der Waals surface area contributed by atoms with Gasteiger partial charge in [0.1, 0.15) is 39.3 Å². The zero-order valence-electron chi connectivity index (χ0n) is 70.5. The van der Waals surface area contributed by atoms with Crippen molar-refractivity contribution in [3.8, 4) is 35.0 Å². The molecule has 3 aliphatic carbocycles. The number of piperidine rings is 1. The minimum atomic E-state index is -0.0000141. The van der Waals surface area contributed by atoms with Crippen LogP contribution in [0.5, 0.6) is 11.5 Å². The van der Waals surface area contributed by atoms with Gasteiger partial charge >= 0.3 is 0 Å². The second-order valence-corrected chi connectivity index (χ2v) is 33.3. The van der Waals surface area contributed by atoms with E-state index in [0.29, 0.717) is 83.3 Å². The van der Waals surface area contributed by atoms with Crippen LogP contribution in [-0.2, 0) is 39.0 Å². The molecule has 3 amide bonds. The summed E-state index contributed by atoms with van der Waals surface area (Å²) in [4.78, 5) is 106. The average Bonchev–Trinajstić information content (AvgIpc) is 1.65.